The molecule has 0 saturated heterocycles. The minimum Gasteiger partial charge on any atom is -0.454 e. The SMILES string of the molecule is c1ccc2c3cc4c(-c5ccc6c(c5)OCO6)nccn4cc-3nc2c1. The predicted octanol–water partition coefficient (Wildman–Crippen LogP) is 4.38. The van der Waals surface area contributed by atoms with Crippen molar-refractivity contribution in [3.63, 3.8) is 0 Å². The number of aromatic nitrogens is 3. The number of pyridine rings is 1. The number of hydrogen-bond acceptors (Lipinski definition) is 4. The lowest BCUT2D eigenvalue weighted by atomic mass is 10.1. The summed E-state index contributed by atoms with van der Waals surface area (Å²) in [6, 6.07) is 16.3. The van der Waals surface area contributed by atoms with E-state index in [1.807, 2.05) is 42.6 Å². The van der Waals surface area contributed by atoms with Crippen LogP contribution in [0.1, 0.15) is 0 Å². The van der Waals surface area contributed by atoms with Crippen LogP contribution in [0, 0.1) is 0 Å². The number of ether oxygens (including phenoxy) is 2. The van der Waals surface area contributed by atoms with Crippen molar-refractivity contribution in [2.75, 3.05) is 6.79 Å². The van der Waals surface area contributed by atoms with Crippen LogP contribution in [0.4, 0.5) is 0 Å². The Bertz CT molecular complexity index is 1280. The van der Waals surface area contributed by atoms with Crippen molar-refractivity contribution in [3.8, 4) is 34.0 Å². The van der Waals surface area contributed by atoms with Gasteiger partial charge < -0.3 is 13.9 Å². The van der Waals surface area contributed by atoms with Crippen LogP contribution in [-0.2, 0) is 0 Å². The summed E-state index contributed by atoms with van der Waals surface area (Å²) < 4.78 is 13.0. The number of fused-ring (bicyclic) bond motifs is 5. The fourth-order valence-electron chi connectivity index (χ4n) is 3.62. The second-order valence-corrected chi connectivity index (χ2v) is 6.34. The van der Waals surface area contributed by atoms with E-state index in [4.69, 9.17) is 14.5 Å². The molecule has 0 aliphatic carbocycles. The zero-order chi connectivity index (χ0) is 17.1. The monoisotopic (exact) mass is 339 g/mol. The van der Waals surface area contributed by atoms with Gasteiger partial charge in [-0.05, 0) is 30.3 Å². The lowest BCUT2D eigenvalue weighted by molar-refractivity contribution is 0.174. The van der Waals surface area contributed by atoms with Gasteiger partial charge in [-0.15, -0.1) is 0 Å². The maximum Gasteiger partial charge on any atom is 0.231 e. The molecule has 0 N–H and O–H groups in total. The third kappa shape index (κ3) is 1.85. The molecule has 1 aromatic heterocycles. The predicted molar refractivity (Wildman–Crippen MR) is 98.7 cm³/mol. The highest BCUT2D eigenvalue weighted by Crippen LogP contribution is 2.38. The Morgan fingerprint density at radius 3 is 2.88 bits per heavy atom. The topological polar surface area (TPSA) is 48.7 Å². The minimum atomic E-state index is 0.266. The van der Waals surface area contributed by atoms with Gasteiger partial charge in [-0.2, -0.15) is 0 Å². The Labute approximate surface area is 148 Å². The highest BCUT2D eigenvalue weighted by atomic mass is 16.7. The standard InChI is InChI=1S/C21H13N3O2/c1-2-4-16-14(3-1)15-10-18-21(22-7-8-24(18)11-17(15)23-16)13-5-6-19-20(9-13)26-12-25-19/h1-11H,12H2. The van der Waals surface area contributed by atoms with E-state index in [0.717, 1.165) is 50.4 Å². The molecule has 26 heavy (non-hydrogen) atoms. The van der Waals surface area contributed by atoms with E-state index in [9.17, 15) is 0 Å². The van der Waals surface area contributed by atoms with Gasteiger partial charge in [0.15, 0.2) is 11.5 Å². The van der Waals surface area contributed by atoms with E-state index in [0.29, 0.717) is 0 Å². The minimum absolute atomic E-state index is 0.266. The Morgan fingerprint density at radius 1 is 0.962 bits per heavy atom. The van der Waals surface area contributed by atoms with Crippen molar-refractivity contribution in [2.45, 2.75) is 0 Å². The van der Waals surface area contributed by atoms with E-state index in [1.165, 1.54) is 0 Å². The second kappa shape index (κ2) is 4.95. The highest BCUT2D eigenvalue weighted by Gasteiger charge is 2.18. The number of hydrogen-bond donors (Lipinski definition) is 0. The molecule has 3 aromatic rings. The van der Waals surface area contributed by atoms with Gasteiger partial charge >= 0.3 is 0 Å². The molecule has 6 rings (SSSR count). The fraction of sp³-hybridized carbons (Fsp3) is 0.0476. The molecule has 0 fully saturated rings. The summed E-state index contributed by atoms with van der Waals surface area (Å²) in [5, 5.41) is 1.16. The summed E-state index contributed by atoms with van der Waals surface area (Å²) in [6.45, 7) is 0.266. The molecule has 3 aliphatic rings. The molecule has 3 aliphatic heterocycles. The van der Waals surface area contributed by atoms with Gasteiger partial charge in [-0.25, -0.2) is 4.98 Å². The average molecular weight is 339 g/mol. The largest absolute Gasteiger partial charge is 0.454 e. The zero-order valence-corrected chi connectivity index (χ0v) is 13.7. The Kier molecular flexibility index (Phi) is 2.60. The molecule has 5 nitrogen and oxygen atoms in total. The fourth-order valence-corrected chi connectivity index (χ4v) is 3.62. The molecular formula is C21H13N3O2. The van der Waals surface area contributed by atoms with Gasteiger partial charge in [-0.1, -0.05) is 18.2 Å². The molecule has 0 bridgehead atoms. The van der Waals surface area contributed by atoms with Crippen molar-refractivity contribution in [3.05, 3.63) is 67.1 Å². The van der Waals surface area contributed by atoms with Gasteiger partial charge in [0, 0.05) is 35.1 Å². The average Bonchev–Trinajstić information content (AvgIpc) is 3.29. The molecule has 0 amide bonds. The molecule has 2 aromatic carbocycles. The number of rotatable bonds is 1. The lowest BCUT2D eigenvalue weighted by Crippen LogP contribution is -1.96. The van der Waals surface area contributed by atoms with Crippen LogP contribution in [0.2, 0.25) is 0 Å². The molecule has 0 saturated carbocycles. The molecule has 124 valence electrons. The zero-order valence-electron chi connectivity index (χ0n) is 13.7. The molecular weight excluding hydrogens is 326 g/mol. The van der Waals surface area contributed by atoms with Crippen molar-refractivity contribution >= 4 is 16.4 Å². The number of benzene rings is 2. The molecule has 0 atom stereocenters. The van der Waals surface area contributed by atoms with Crippen LogP contribution < -0.4 is 9.47 Å². The van der Waals surface area contributed by atoms with Crippen molar-refractivity contribution in [1.82, 2.24) is 14.4 Å². The van der Waals surface area contributed by atoms with E-state index in [-0.39, 0.29) is 6.79 Å². The normalized spacial score (nSPS) is 13.1. The first kappa shape index (κ1) is 13.7. The number of para-hydroxylation sites is 1. The summed E-state index contributed by atoms with van der Waals surface area (Å²) in [5.74, 6) is 1.53. The van der Waals surface area contributed by atoms with Gasteiger partial charge in [-0.3, -0.25) is 4.98 Å². The summed E-state index contributed by atoms with van der Waals surface area (Å²) in [4.78, 5) is 9.37. The third-order valence-electron chi connectivity index (χ3n) is 4.85. The highest BCUT2D eigenvalue weighted by molar-refractivity contribution is 5.99. The van der Waals surface area contributed by atoms with Crippen LogP contribution in [0.25, 0.3) is 38.9 Å². The number of nitrogens with zero attached hydrogens (tertiary/aromatic N) is 3. The Balaban J connectivity index is 1.66. The lowest BCUT2D eigenvalue weighted by Gasteiger charge is -2.10. The molecule has 4 heterocycles. The molecule has 0 radical (unpaired) electrons. The van der Waals surface area contributed by atoms with Gasteiger partial charge in [0.05, 0.1) is 22.4 Å². The van der Waals surface area contributed by atoms with Crippen LogP contribution in [0.15, 0.2) is 67.1 Å². The van der Waals surface area contributed by atoms with Crippen molar-refractivity contribution in [2.24, 2.45) is 0 Å². The first-order valence-corrected chi connectivity index (χ1v) is 8.42. The maximum absolute atomic E-state index is 5.52. The Hall–Kier alpha value is -3.60. The quantitative estimate of drug-likeness (QED) is 0.455. The van der Waals surface area contributed by atoms with Gasteiger partial charge in [0.25, 0.3) is 0 Å². The third-order valence-corrected chi connectivity index (χ3v) is 4.85. The van der Waals surface area contributed by atoms with Gasteiger partial charge in [0.2, 0.25) is 6.79 Å². The van der Waals surface area contributed by atoms with E-state index in [1.54, 1.807) is 6.20 Å². The van der Waals surface area contributed by atoms with Gasteiger partial charge in [0.1, 0.15) is 0 Å². The summed E-state index contributed by atoms with van der Waals surface area (Å²) in [5.41, 5.74) is 6.05. The summed E-state index contributed by atoms with van der Waals surface area (Å²) >= 11 is 0. The van der Waals surface area contributed by atoms with Crippen LogP contribution in [-0.4, -0.2) is 21.2 Å². The van der Waals surface area contributed by atoms with Crippen molar-refractivity contribution in [1.29, 1.82) is 0 Å². The van der Waals surface area contributed by atoms with Crippen LogP contribution in [0.3, 0.4) is 0 Å². The van der Waals surface area contributed by atoms with Crippen LogP contribution >= 0.6 is 0 Å². The van der Waals surface area contributed by atoms with Crippen LogP contribution in [0.5, 0.6) is 11.5 Å². The van der Waals surface area contributed by atoms with E-state index in [2.05, 4.69) is 27.7 Å². The smallest absolute Gasteiger partial charge is 0.231 e. The second-order valence-electron chi connectivity index (χ2n) is 6.34. The van der Waals surface area contributed by atoms with Crippen molar-refractivity contribution < 1.29 is 9.47 Å². The van der Waals surface area contributed by atoms with E-state index >= 15 is 0 Å². The Morgan fingerprint density at radius 2 is 1.88 bits per heavy atom. The first-order valence-electron chi connectivity index (χ1n) is 8.42. The molecule has 0 spiro atoms. The summed E-state index contributed by atoms with van der Waals surface area (Å²) in [7, 11) is 0. The summed E-state index contributed by atoms with van der Waals surface area (Å²) in [6.07, 6.45) is 5.81. The maximum atomic E-state index is 5.52. The molecule has 0 unspecified atom stereocenters. The van der Waals surface area contributed by atoms with E-state index < -0.39 is 0 Å². The molecule has 5 heteroatoms. The first-order chi connectivity index (χ1) is 12.9.